The number of thiophene rings is 1. The van der Waals surface area contributed by atoms with Gasteiger partial charge in [0.2, 0.25) is 0 Å². The highest BCUT2D eigenvalue weighted by Gasteiger charge is 2.61. The lowest BCUT2D eigenvalue weighted by Crippen LogP contribution is -2.67. The number of ether oxygens (including phenoxy) is 1. The lowest BCUT2D eigenvalue weighted by molar-refractivity contribution is -0.192. The summed E-state index contributed by atoms with van der Waals surface area (Å²) in [4.78, 5) is 20.5. The second-order valence-corrected chi connectivity index (χ2v) is 10.7. The Hall–Kier alpha value is -2.25. The summed E-state index contributed by atoms with van der Waals surface area (Å²) in [7, 11) is -3.07. The number of nitrogens with zero attached hydrogens (tertiary/aromatic N) is 3. The van der Waals surface area contributed by atoms with Gasteiger partial charge in [0.25, 0.3) is 0 Å². The Bertz CT molecular complexity index is 979. The molecule has 2 aliphatic heterocycles. The molecule has 4 rings (SSSR count). The molecule has 2 aromatic heterocycles. The number of rotatable bonds is 5. The van der Waals surface area contributed by atoms with E-state index in [2.05, 4.69) is 20.9 Å². The van der Waals surface area contributed by atoms with Crippen LogP contribution in [0.4, 0.5) is 13.2 Å². The van der Waals surface area contributed by atoms with E-state index in [1.54, 1.807) is 29.8 Å². The van der Waals surface area contributed by atoms with Crippen LogP contribution in [0.1, 0.15) is 11.3 Å². The minimum atomic E-state index is -5.08. The van der Waals surface area contributed by atoms with E-state index in [1.165, 1.54) is 4.88 Å². The van der Waals surface area contributed by atoms with Gasteiger partial charge in [-0.1, -0.05) is 6.07 Å². The number of carboxylic acids is 1. The minimum absolute atomic E-state index is 0.00546. The van der Waals surface area contributed by atoms with Crippen LogP contribution in [0, 0.1) is 5.92 Å². The summed E-state index contributed by atoms with van der Waals surface area (Å²) in [6.07, 6.45) is -1.19. The third-order valence-corrected chi connectivity index (χ3v) is 8.70. The van der Waals surface area contributed by atoms with Gasteiger partial charge in [-0.05, 0) is 23.9 Å². The highest BCUT2D eigenvalue weighted by molar-refractivity contribution is 7.93. The SMILES string of the molecule is O=C(O)C(F)(F)F.O=S1(=O)CCC(COc2ncccn2)C12CN(Cc1cccs1)C2. The first-order chi connectivity index (χ1) is 14.5. The summed E-state index contributed by atoms with van der Waals surface area (Å²) in [6.45, 7) is 2.37. The van der Waals surface area contributed by atoms with Crippen molar-refractivity contribution in [2.75, 3.05) is 25.4 Å². The number of likely N-dealkylation sites (tertiary alicyclic amines) is 1. The highest BCUT2D eigenvalue weighted by Crippen LogP contribution is 2.45. The number of hydrogen-bond donors (Lipinski definition) is 1. The number of halogens is 3. The summed E-state index contributed by atoms with van der Waals surface area (Å²) < 4.78 is 62.0. The molecule has 0 amide bonds. The molecule has 8 nitrogen and oxygen atoms in total. The molecule has 31 heavy (non-hydrogen) atoms. The Morgan fingerprint density at radius 2 is 1.94 bits per heavy atom. The predicted octanol–water partition coefficient (Wildman–Crippen LogP) is 2.24. The largest absolute Gasteiger partial charge is 0.490 e. The lowest BCUT2D eigenvalue weighted by atomic mass is 9.83. The molecule has 2 aliphatic rings. The van der Waals surface area contributed by atoms with Crippen molar-refractivity contribution in [1.29, 1.82) is 0 Å². The zero-order chi connectivity index (χ0) is 22.7. The Morgan fingerprint density at radius 3 is 2.48 bits per heavy atom. The molecule has 2 saturated heterocycles. The first-order valence-electron chi connectivity index (χ1n) is 9.20. The molecule has 2 aromatic rings. The third-order valence-electron chi connectivity index (χ3n) is 5.24. The topological polar surface area (TPSA) is 110 Å². The average Bonchev–Trinajstić information content (AvgIpc) is 3.27. The van der Waals surface area contributed by atoms with Crippen LogP contribution in [0.25, 0.3) is 0 Å². The molecule has 1 N–H and O–H groups in total. The molecule has 0 bridgehead atoms. The zero-order valence-electron chi connectivity index (χ0n) is 16.2. The molecule has 2 fully saturated rings. The standard InChI is InChI=1S/C16H19N3O3S2.C2HF3O2/c20-24(21)8-4-13(10-22-15-17-5-2-6-18-15)16(24)11-19(12-16)9-14-3-1-7-23-14;3-2(4,5)1(6)7/h1-3,5-7,13H,4,8-12H2;(H,6,7). The molecule has 0 saturated carbocycles. The quantitative estimate of drug-likeness (QED) is 0.696. The van der Waals surface area contributed by atoms with Gasteiger partial charge >= 0.3 is 18.2 Å². The number of hydrogen-bond acceptors (Lipinski definition) is 8. The normalized spacial score (nSPS) is 21.7. The third kappa shape index (κ3) is 5.33. The van der Waals surface area contributed by atoms with E-state index in [4.69, 9.17) is 14.6 Å². The van der Waals surface area contributed by atoms with Gasteiger partial charge in [0.15, 0.2) is 9.84 Å². The maximum absolute atomic E-state index is 12.6. The van der Waals surface area contributed by atoms with Gasteiger partial charge in [0, 0.05) is 42.8 Å². The van der Waals surface area contributed by atoms with Gasteiger partial charge in [0.1, 0.15) is 4.75 Å². The number of carboxylic acid groups (broad SMARTS) is 1. The van der Waals surface area contributed by atoms with Crippen molar-refractivity contribution in [3.8, 4) is 6.01 Å². The second kappa shape index (κ2) is 9.09. The van der Waals surface area contributed by atoms with Crippen molar-refractivity contribution in [2.45, 2.75) is 23.9 Å². The summed E-state index contributed by atoms with van der Waals surface area (Å²) in [5, 5.41) is 9.17. The first kappa shape index (κ1) is 23.4. The smallest absolute Gasteiger partial charge is 0.475 e. The Balaban J connectivity index is 0.000000339. The summed E-state index contributed by atoms with van der Waals surface area (Å²) >= 11 is 1.71. The number of aromatic nitrogens is 2. The molecule has 13 heteroatoms. The maximum Gasteiger partial charge on any atom is 0.490 e. The molecule has 1 unspecified atom stereocenters. The van der Waals surface area contributed by atoms with E-state index < -0.39 is 26.7 Å². The fraction of sp³-hybridized carbons (Fsp3) is 0.500. The van der Waals surface area contributed by atoms with Crippen molar-refractivity contribution in [3.05, 3.63) is 40.8 Å². The molecule has 0 aliphatic carbocycles. The van der Waals surface area contributed by atoms with Crippen LogP contribution in [-0.2, 0) is 21.2 Å². The predicted molar refractivity (Wildman–Crippen MR) is 105 cm³/mol. The van der Waals surface area contributed by atoms with Crippen LogP contribution in [-0.4, -0.2) is 70.7 Å². The van der Waals surface area contributed by atoms with Gasteiger partial charge < -0.3 is 9.84 Å². The van der Waals surface area contributed by atoms with Gasteiger partial charge in [0.05, 0.1) is 12.4 Å². The van der Waals surface area contributed by atoms with Crippen molar-refractivity contribution < 1.29 is 36.2 Å². The van der Waals surface area contributed by atoms with Crippen molar-refractivity contribution in [1.82, 2.24) is 14.9 Å². The van der Waals surface area contributed by atoms with Crippen molar-refractivity contribution in [2.24, 2.45) is 5.92 Å². The molecule has 0 radical (unpaired) electrons. The van der Waals surface area contributed by atoms with E-state index in [0.29, 0.717) is 32.1 Å². The van der Waals surface area contributed by atoms with E-state index in [-0.39, 0.29) is 11.7 Å². The summed E-state index contributed by atoms with van der Waals surface area (Å²) in [5.74, 6) is -2.50. The summed E-state index contributed by atoms with van der Waals surface area (Å²) in [5.41, 5.74) is 0. The zero-order valence-corrected chi connectivity index (χ0v) is 17.8. The van der Waals surface area contributed by atoms with E-state index in [9.17, 15) is 21.6 Å². The number of aliphatic carboxylic acids is 1. The molecule has 170 valence electrons. The fourth-order valence-electron chi connectivity index (χ4n) is 3.69. The number of sulfone groups is 1. The van der Waals surface area contributed by atoms with Gasteiger partial charge in [-0.25, -0.2) is 23.2 Å². The van der Waals surface area contributed by atoms with E-state index in [1.807, 2.05) is 11.4 Å². The van der Waals surface area contributed by atoms with Crippen LogP contribution < -0.4 is 4.74 Å². The summed E-state index contributed by atoms with van der Waals surface area (Å²) in [6, 6.07) is 6.15. The molecular formula is C18H20F3N3O5S2. The van der Waals surface area contributed by atoms with Crippen LogP contribution >= 0.6 is 11.3 Å². The first-order valence-corrected chi connectivity index (χ1v) is 11.7. The molecule has 0 aromatic carbocycles. The van der Waals surface area contributed by atoms with Crippen molar-refractivity contribution >= 4 is 27.1 Å². The monoisotopic (exact) mass is 479 g/mol. The number of alkyl halides is 3. The number of carbonyl (C=O) groups is 1. The Kier molecular flexibility index (Phi) is 6.86. The van der Waals surface area contributed by atoms with Crippen LogP contribution in [0.2, 0.25) is 0 Å². The Morgan fingerprint density at radius 1 is 1.29 bits per heavy atom. The molecule has 4 heterocycles. The van der Waals surface area contributed by atoms with Crippen molar-refractivity contribution in [3.63, 3.8) is 0 Å². The van der Waals surface area contributed by atoms with Crippen LogP contribution in [0.15, 0.2) is 36.0 Å². The average molecular weight is 480 g/mol. The van der Waals surface area contributed by atoms with Crippen LogP contribution in [0.5, 0.6) is 6.01 Å². The lowest BCUT2D eigenvalue weighted by Gasteiger charge is -2.49. The second-order valence-electron chi connectivity index (χ2n) is 7.24. The molecular weight excluding hydrogens is 459 g/mol. The van der Waals surface area contributed by atoms with Crippen LogP contribution in [0.3, 0.4) is 0 Å². The van der Waals surface area contributed by atoms with E-state index >= 15 is 0 Å². The maximum atomic E-state index is 12.6. The molecule has 1 atom stereocenters. The van der Waals surface area contributed by atoms with E-state index in [0.717, 1.165) is 6.54 Å². The fourth-order valence-corrected chi connectivity index (χ4v) is 6.89. The van der Waals surface area contributed by atoms with Gasteiger partial charge in [-0.15, -0.1) is 11.3 Å². The van der Waals surface area contributed by atoms with Gasteiger partial charge in [-0.3, -0.25) is 4.90 Å². The van der Waals surface area contributed by atoms with Gasteiger partial charge in [-0.2, -0.15) is 13.2 Å². The minimum Gasteiger partial charge on any atom is -0.475 e. The molecule has 1 spiro atoms. The Labute approximate surface area is 180 Å². The highest BCUT2D eigenvalue weighted by atomic mass is 32.2.